The minimum Gasteiger partial charge on any atom is -0.317 e. The molecule has 0 bridgehead atoms. The van der Waals surface area contributed by atoms with Gasteiger partial charge in [0.05, 0.1) is 33.4 Å². The van der Waals surface area contributed by atoms with E-state index in [1.165, 1.54) is 23.6 Å². The van der Waals surface area contributed by atoms with Crippen molar-refractivity contribution in [3.63, 3.8) is 0 Å². The number of rotatable bonds is 3. The van der Waals surface area contributed by atoms with Crippen molar-refractivity contribution >= 4 is 33.3 Å². The molecule has 2 fully saturated rings. The fraction of sp³-hybridized carbons (Fsp3) is 0.333. The molecular formula is C30H26F3N5O2S. The van der Waals surface area contributed by atoms with Gasteiger partial charge in [0.2, 0.25) is 0 Å². The van der Waals surface area contributed by atoms with Crippen LogP contribution >= 0.6 is 11.3 Å². The molecule has 0 amide bonds. The second-order valence-electron chi connectivity index (χ2n) is 11.0. The van der Waals surface area contributed by atoms with Crippen molar-refractivity contribution in [2.24, 2.45) is 5.41 Å². The van der Waals surface area contributed by atoms with Gasteiger partial charge in [0.15, 0.2) is 0 Å². The third-order valence-electron chi connectivity index (χ3n) is 8.64. The molecule has 1 spiro atoms. The van der Waals surface area contributed by atoms with Gasteiger partial charge in [-0.3, -0.25) is 19.3 Å². The van der Waals surface area contributed by atoms with Gasteiger partial charge in [-0.15, -0.1) is 0 Å². The highest BCUT2D eigenvalue weighted by molar-refractivity contribution is 7.08. The van der Waals surface area contributed by atoms with Crippen LogP contribution in [0.2, 0.25) is 0 Å². The Balaban J connectivity index is 1.43. The van der Waals surface area contributed by atoms with Crippen molar-refractivity contribution in [1.82, 2.24) is 24.8 Å². The van der Waals surface area contributed by atoms with Crippen LogP contribution in [0.5, 0.6) is 0 Å². The Bertz CT molecular complexity index is 1900. The van der Waals surface area contributed by atoms with Crippen molar-refractivity contribution in [3.8, 4) is 16.9 Å². The second kappa shape index (κ2) is 9.63. The molecule has 7 rings (SSSR count). The van der Waals surface area contributed by atoms with Crippen LogP contribution in [0.15, 0.2) is 62.9 Å². The van der Waals surface area contributed by atoms with Crippen molar-refractivity contribution in [2.45, 2.75) is 44.2 Å². The summed E-state index contributed by atoms with van der Waals surface area (Å²) in [5.41, 5.74) is 0.141. The van der Waals surface area contributed by atoms with Gasteiger partial charge in [0, 0.05) is 17.1 Å². The van der Waals surface area contributed by atoms with E-state index in [2.05, 4.69) is 15.3 Å². The number of nitrogens with zero attached hydrogens (tertiary/aromatic N) is 3. The monoisotopic (exact) mass is 577 g/mol. The molecule has 1 saturated carbocycles. The van der Waals surface area contributed by atoms with Crippen LogP contribution in [0.4, 0.5) is 13.2 Å². The standard InChI is InChI=1S/C30H26F3N5O2S/c31-30(32,33)21-13-18(3-4-19(21)22-14-29(22)8-1-2-10-34-11-9-29)38-26-20(27(39)37-28(38)40)15-35-24-6-5-23(36-25(24)26)17-7-12-41-16-17/h3-7,12-13,15-16,22,34H,1-2,8-11,14H2,(H,37,39,40). The third kappa shape index (κ3) is 4.47. The smallest absolute Gasteiger partial charge is 0.317 e. The number of aromatic nitrogens is 4. The Morgan fingerprint density at radius 1 is 1.05 bits per heavy atom. The van der Waals surface area contributed by atoms with E-state index in [-0.39, 0.29) is 39.0 Å². The Kier molecular flexibility index (Phi) is 6.13. The molecule has 5 heterocycles. The van der Waals surface area contributed by atoms with Crippen LogP contribution < -0.4 is 16.6 Å². The molecule has 2 atom stereocenters. The number of fused-ring (bicyclic) bond motifs is 3. The largest absolute Gasteiger partial charge is 0.416 e. The Hall–Kier alpha value is -3.83. The third-order valence-corrected chi connectivity index (χ3v) is 9.32. The number of hydrogen-bond donors (Lipinski definition) is 2. The van der Waals surface area contributed by atoms with Gasteiger partial charge in [-0.2, -0.15) is 24.5 Å². The first kappa shape index (κ1) is 26.1. The number of pyridine rings is 2. The Labute approximate surface area is 236 Å². The topological polar surface area (TPSA) is 92.7 Å². The highest BCUT2D eigenvalue weighted by Crippen LogP contribution is 2.65. The summed E-state index contributed by atoms with van der Waals surface area (Å²) in [6.45, 7) is 1.75. The minimum absolute atomic E-state index is 0.0107. The maximum absolute atomic E-state index is 14.6. The van der Waals surface area contributed by atoms with Gasteiger partial charge < -0.3 is 5.32 Å². The number of hydrogen-bond acceptors (Lipinski definition) is 6. The van der Waals surface area contributed by atoms with E-state index < -0.39 is 23.0 Å². The minimum atomic E-state index is -4.62. The molecule has 2 unspecified atom stereocenters. The Morgan fingerprint density at radius 3 is 2.73 bits per heavy atom. The number of halogens is 3. The van der Waals surface area contributed by atoms with E-state index in [0.29, 0.717) is 11.2 Å². The summed E-state index contributed by atoms with van der Waals surface area (Å²) in [5, 5.41) is 7.27. The number of thiophene rings is 1. The first-order valence-corrected chi connectivity index (χ1v) is 14.6. The molecule has 1 aliphatic heterocycles. The first-order chi connectivity index (χ1) is 19.7. The molecule has 2 N–H and O–H groups in total. The average Bonchev–Trinajstić information content (AvgIpc) is 3.37. The van der Waals surface area contributed by atoms with E-state index in [4.69, 9.17) is 4.98 Å². The first-order valence-electron chi connectivity index (χ1n) is 13.6. The lowest BCUT2D eigenvalue weighted by Gasteiger charge is -2.23. The zero-order valence-electron chi connectivity index (χ0n) is 21.9. The zero-order valence-corrected chi connectivity index (χ0v) is 22.7. The molecule has 11 heteroatoms. The average molecular weight is 578 g/mol. The second-order valence-corrected chi connectivity index (χ2v) is 11.8. The van der Waals surface area contributed by atoms with Gasteiger partial charge in [-0.25, -0.2) is 9.78 Å². The lowest BCUT2D eigenvalue weighted by Crippen LogP contribution is -2.30. The van der Waals surface area contributed by atoms with Crippen LogP contribution in [-0.2, 0) is 6.18 Å². The summed E-state index contributed by atoms with van der Waals surface area (Å²) >= 11 is 1.50. The van der Waals surface area contributed by atoms with Crippen LogP contribution in [-0.4, -0.2) is 32.6 Å². The van der Waals surface area contributed by atoms with Gasteiger partial charge >= 0.3 is 11.9 Å². The van der Waals surface area contributed by atoms with E-state index in [1.54, 1.807) is 18.2 Å². The molecule has 4 aromatic heterocycles. The lowest BCUT2D eigenvalue weighted by atomic mass is 9.87. The molecule has 1 aromatic carbocycles. The zero-order chi connectivity index (χ0) is 28.4. The number of H-pyrrole nitrogens is 1. The Morgan fingerprint density at radius 2 is 1.93 bits per heavy atom. The maximum Gasteiger partial charge on any atom is 0.416 e. The molecule has 41 heavy (non-hydrogen) atoms. The normalized spacial score (nSPS) is 21.3. The van der Waals surface area contributed by atoms with Crippen LogP contribution in [0.1, 0.15) is 49.1 Å². The van der Waals surface area contributed by atoms with Crippen LogP contribution in [0, 0.1) is 5.41 Å². The SMILES string of the molecule is O=c1[nH]c(=O)n(-c2ccc(C3CC34CCCCNCC4)c(C(F)(F)F)c2)c2c1cnc1ccc(-c3ccsc3)nc12. The van der Waals surface area contributed by atoms with Crippen LogP contribution in [0.25, 0.3) is 38.9 Å². The highest BCUT2D eigenvalue weighted by atomic mass is 32.1. The summed E-state index contributed by atoms with van der Waals surface area (Å²) in [6, 6.07) is 9.50. The molecule has 2 aliphatic rings. The molecule has 1 aliphatic carbocycles. The summed E-state index contributed by atoms with van der Waals surface area (Å²) in [7, 11) is 0. The fourth-order valence-corrected chi connectivity index (χ4v) is 7.12. The van der Waals surface area contributed by atoms with Gasteiger partial charge in [0.1, 0.15) is 5.52 Å². The number of aromatic amines is 1. The van der Waals surface area contributed by atoms with Gasteiger partial charge in [0.25, 0.3) is 5.56 Å². The quantitative estimate of drug-likeness (QED) is 0.257. The highest BCUT2D eigenvalue weighted by Gasteiger charge is 2.55. The van der Waals surface area contributed by atoms with Gasteiger partial charge in [-0.1, -0.05) is 12.5 Å². The number of alkyl halides is 3. The van der Waals surface area contributed by atoms with Crippen LogP contribution in [0.3, 0.4) is 0 Å². The molecule has 7 nitrogen and oxygen atoms in total. The summed E-state index contributed by atoms with van der Waals surface area (Å²) in [5.74, 6) is -0.183. The number of nitrogens with one attached hydrogen (secondary N) is 2. The summed E-state index contributed by atoms with van der Waals surface area (Å²) < 4.78 is 44.9. The van der Waals surface area contributed by atoms with Crippen molar-refractivity contribution < 1.29 is 13.2 Å². The van der Waals surface area contributed by atoms with E-state index >= 15 is 0 Å². The van der Waals surface area contributed by atoms with E-state index in [0.717, 1.165) is 61.4 Å². The maximum atomic E-state index is 14.6. The molecule has 1 saturated heterocycles. The lowest BCUT2D eigenvalue weighted by molar-refractivity contribution is -0.138. The predicted octanol–water partition coefficient (Wildman–Crippen LogP) is 6.01. The molecular weight excluding hydrogens is 551 g/mol. The van der Waals surface area contributed by atoms with Crippen molar-refractivity contribution in [2.75, 3.05) is 13.1 Å². The van der Waals surface area contributed by atoms with E-state index in [1.807, 2.05) is 16.8 Å². The molecule has 0 radical (unpaired) electrons. The summed E-state index contributed by atoms with van der Waals surface area (Å²) in [4.78, 5) is 37.4. The number of benzene rings is 1. The fourth-order valence-electron chi connectivity index (χ4n) is 6.47. The van der Waals surface area contributed by atoms with E-state index in [9.17, 15) is 22.8 Å². The van der Waals surface area contributed by atoms with Crippen molar-refractivity contribution in [1.29, 1.82) is 0 Å². The van der Waals surface area contributed by atoms with Crippen molar-refractivity contribution in [3.05, 3.63) is 85.3 Å². The van der Waals surface area contributed by atoms with Gasteiger partial charge in [-0.05, 0) is 91.4 Å². The summed E-state index contributed by atoms with van der Waals surface area (Å²) in [6.07, 6.45) is 1.20. The molecule has 210 valence electrons. The molecule has 5 aromatic rings. The predicted molar refractivity (Wildman–Crippen MR) is 153 cm³/mol.